The number of nitro benzene ring substituents is 1. The molecule has 0 atom stereocenters. The summed E-state index contributed by atoms with van der Waals surface area (Å²) >= 11 is 0. The first-order chi connectivity index (χ1) is 14.1. The molecule has 0 aromatic heterocycles. The van der Waals surface area contributed by atoms with Gasteiger partial charge in [0.05, 0.1) is 10.5 Å². The van der Waals surface area contributed by atoms with Gasteiger partial charge in [-0.15, -0.1) is 0 Å². The standard InChI is InChI=1S/C20H12F4N2O4/c21-14-2-1-3-16(10-14)30-19-7-4-13(20(22,23)24)9-17(19)25-11-12-8-15(26(28)29)5-6-18(12)27/h1-11,27H. The van der Waals surface area contributed by atoms with Gasteiger partial charge < -0.3 is 9.84 Å². The van der Waals surface area contributed by atoms with Crippen LogP contribution in [0.25, 0.3) is 0 Å². The molecule has 6 nitrogen and oxygen atoms in total. The van der Waals surface area contributed by atoms with Gasteiger partial charge in [-0.3, -0.25) is 15.1 Å². The average molecular weight is 420 g/mol. The fourth-order valence-corrected chi connectivity index (χ4v) is 2.44. The maximum atomic E-state index is 13.4. The Bertz CT molecular complexity index is 1130. The maximum Gasteiger partial charge on any atom is 0.416 e. The molecular weight excluding hydrogens is 408 g/mol. The van der Waals surface area contributed by atoms with Crippen LogP contribution in [-0.2, 0) is 6.18 Å². The molecule has 0 aliphatic heterocycles. The highest BCUT2D eigenvalue weighted by Crippen LogP contribution is 2.38. The number of hydrogen-bond donors (Lipinski definition) is 1. The molecule has 0 saturated carbocycles. The van der Waals surface area contributed by atoms with Gasteiger partial charge in [0.25, 0.3) is 5.69 Å². The number of phenolic OH excluding ortho intramolecular Hbond substituents is 1. The third-order valence-electron chi connectivity index (χ3n) is 3.87. The van der Waals surface area contributed by atoms with Crippen molar-refractivity contribution >= 4 is 17.6 Å². The van der Waals surface area contributed by atoms with E-state index in [1.54, 1.807) is 0 Å². The molecule has 0 spiro atoms. The first-order valence-electron chi connectivity index (χ1n) is 8.29. The van der Waals surface area contributed by atoms with Crippen LogP contribution in [0.3, 0.4) is 0 Å². The average Bonchev–Trinajstić information content (AvgIpc) is 2.67. The van der Waals surface area contributed by atoms with Crippen LogP contribution in [0.1, 0.15) is 11.1 Å². The van der Waals surface area contributed by atoms with E-state index in [2.05, 4.69) is 4.99 Å². The van der Waals surface area contributed by atoms with Gasteiger partial charge in [0.2, 0.25) is 0 Å². The number of rotatable bonds is 5. The van der Waals surface area contributed by atoms with Crippen LogP contribution in [0, 0.1) is 15.9 Å². The summed E-state index contributed by atoms with van der Waals surface area (Å²) in [6, 6.07) is 10.6. The molecule has 10 heteroatoms. The molecule has 3 aromatic rings. The molecule has 1 N–H and O–H groups in total. The lowest BCUT2D eigenvalue weighted by Gasteiger charge is -2.12. The second kappa shape index (κ2) is 8.19. The minimum Gasteiger partial charge on any atom is -0.507 e. The second-order valence-corrected chi connectivity index (χ2v) is 6.00. The number of benzene rings is 3. The number of ether oxygens (including phenoxy) is 1. The summed E-state index contributed by atoms with van der Waals surface area (Å²) in [6.07, 6.45) is -3.69. The minimum absolute atomic E-state index is 0.0319. The normalized spacial score (nSPS) is 11.6. The van der Waals surface area contributed by atoms with Crippen LogP contribution in [-0.4, -0.2) is 16.2 Å². The Hall–Kier alpha value is -3.95. The van der Waals surface area contributed by atoms with Gasteiger partial charge >= 0.3 is 6.18 Å². The fourth-order valence-electron chi connectivity index (χ4n) is 2.44. The van der Waals surface area contributed by atoms with E-state index in [-0.39, 0.29) is 34.2 Å². The van der Waals surface area contributed by atoms with Gasteiger partial charge in [-0.2, -0.15) is 13.2 Å². The number of phenols is 1. The first-order valence-corrected chi connectivity index (χ1v) is 8.29. The number of nitrogens with zero attached hydrogens (tertiary/aromatic N) is 2. The van der Waals surface area contributed by atoms with Crippen LogP contribution in [0.4, 0.5) is 28.9 Å². The monoisotopic (exact) mass is 420 g/mol. The Morgan fingerprint density at radius 1 is 1.07 bits per heavy atom. The largest absolute Gasteiger partial charge is 0.507 e. The molecule has 0 radical (unpaired) electrons. The summed E-state index contributed by atoms with van der Waals surface area (Å²) in [5, 5.41) is 20.7. The van der Waals surface area contributed by atoms with Crippen LogP contribution in [0.2, 0.25) is 0 Å². The number of alkyl halides is 3. The van der Waals surface area contributed by atoms with Crippen molar-refractivity contribution < 1.29 is 32.3 Å². The van der Waals surface area contributed by atoms with E-state index in [0.717, 1.165) is 42.6 Å². The number of nitro groups is 1. The third kappa shape index (κ3) is 4.90. The number of aliphatic imine (C=N–C) groups is 1. The van der Waals surface area contributed by atoms with Crippen molar-refractivity contribution in [2.24, 2.45) is 4.99 Å². The highest BCUT2D eigenvalue weighted by Gasteiger charge is 2.31. The Balaban J connectivity index is 2.03. The van der Waals surface area contributed by atoms with Crippen molar-refractivity contribution in [3.8, 4) is 17.2 Å². The Kier molecular flexibility index (Phi) is 5.67. The summed E-state index contributed by atoms with van der Waals surface area (Å²) in [4.78, 5) is 14.1. The van der Waals surface area contributed by atoms with Crippen molar-refractivity contribution in [3.63, 3.8) is 0 Å². The number of hydrogen-bond acceptors (Lipinski definition) is 5. The van der Waals surface area contributed by atoms with Crippen molar-refractivity contribution in [1.82, 2.24) is 0 Å². The number of aromatic hydroxyl groups is 1. The zero-order valence-electron chi connectivity index (χ0n) is 14.9. The molecular formula is C20H12F4N2O4. The molecule has 0 fully saturated rings. The van der Waals surface area contributed by atoms with Gasteiger partial charge in [-0.25, -0.2) is 4.39 Å². The Morgan fingerprint density at radius 2 is 1.83 bits per heavy atom. The fraction of sp³-hybridized carbons (Fsp3) is 0.0500. The first kappa shape index (κ1) is 20.8. The van der Waals surface area contributed by atoms with Gasteiger partial charge in [-0.05, 0) is 36.4 Å². The molecule has 0 aliphatic carbocycles. The zero-order valence-corrected chi connectivity index (χ0v) is 14.9. The molecule has 0 amide bonds. The lowest BCUT2D eigenvalue weighted by atomic mass is 10.1. The third-order valence-corrected chi connectivity index (χ3v) is 3.87. The van der Waals surface area contributed by atoms with Gasteiger partial charge in [0.15, 0.2) is 5.75 Å². The van der Waals surface area contributed by atoms with E-state index in [1.165, 1.54) is 18.2 Å². The highest BCUT2D eigenvalue weighted by molar-refractivity contribution is 5.87. The van der Waals surface area contributed by atoms with Crippen LogP contribution in [0.15, 0.2) is 65.7 Å². The Morgan fingerprint density at radius 3 is 2.50 bits per heavy atom. The van der Waals surface area contributed by atoms with Crippen LogP contribution >= 0.6 is 0 Å². The summed E-state index contributed by atoms with van der Waals surface area (Å²) < 4.78 is 58.1. The van der Waals surface area contributed by atoms with E-state index in [4.69, 9.17) is 4.74 Å². The van der Waals surface area contributed by atoms with Gasteiger partial charge in [-0.1, -0.05) is 6.07 Å². The summed E-state index contributed by atoms with van der Waals surface area (Å²) in [6.45, 7) is 0. The zero-order chi connectivity index (χ0) is 21.9. The van der Waals surface area contributed by atoms with E-state index in [9.17, 15) is 32.8 Å². The summed E-state index contributed by atoms with van der Waals surface area (Å²) in [5.41, 5.74) is -1.71. The van der Waals surface area contributed by atoms with Gasteiger partial charge in [0.1, 0.15) is 23.0 Å². The topological polar surface area (TPSA) is 85.0 Å². The van der Waals surface area contributed by atoms with Crippen molar-refractivity contribution in [1.29, 1.82) is 0 Å². The Labute approximate surface area is 166 Å². The van der Waals surface area contributed by atoms with E-state index >= 15 is 0 Å². The molecule has 3 rings (SSSR count). The van der Waals surface area contributed by atoms with Crippen molar-refractivity contribution in [3.05, 3.63) is 87.7 Å². The lowest BCUT2D eigenvalue weighted by Crippen LogP contribution is -2.04. The predicted octanol–water partition coefficient (Wildman–Crippen LogP) is 6.00. The van der Waals surface area contributed by atoms with Gasteiger partial charge in [0, 0.05) is 30.0 Å². The van der Waals surface area contributed by atoms with Crippen molar-refractivity contribution in [2.45, 2.75) is 6.18 Å². The second-order valence-electron chi connectivity index (χ2n) is 6.00. The molecule has 3 aromatic carbocycles. The maximum absolute atomic E-state index is 13.4. The van der Waals surface area contributed by atoms with E-state index in [0.29, 0.717) is 6.07 Å². The molecule has 0 bridgehead atoms. The number of non-ortho nitro benzene ring substituents is 1. The molecule has 30 heavy (non-hydrogen) atoms. The van der Waals surface area contributed by atoms with Crippen molar-refractivity contribution in [2.75, 3.05) is 0 Å². The molecule has 154 valence electrons. The smallest absolute Gasteiger partial charge is 0.416 e. The number of halogens is 4. The molecule has 0 saturated heterocycles. The summed E-state index contributed by atoms with van der Waals surface area (Å²) in [7, 11) is 0. The highest BCUT2D eigenvalue weighted by atomic mass is 19.4. The summed E-state index contributed by atoms with van der Waals surface area (Å²) in [5.74, 6) is -1.05. The van der Waals surface area contributed by atoms with Crippen LogP contribution in [0.5, 0.6) is 17.2 Å². The molecule has 0 heterocycles. The van der Waals surface area contributed by atoms with E-state index in [1.807, 2.05) is 0 Å². The quantitative estimate of drug-likeness (QED) is 0.237. The van der Waals surface area contributed by atoms with Crippen LogP contribution < -0.4 is 4.74 Å². The lowest BCUT2D eigenvalue weighted by molar-refractivity contribution is -0.384. The van der Waals surface area contributed by atoms with E-state index < -0.39 is 22.5 Å². The predicted molar refractivity (Wildman–Crippen MR) is 99.9 cm³/mol. The molecule has 0 unspecified atom stereocenters. The minimum atomic E-state index is -4.66. The SMILES string of the molecule is O=[N+]([O-])c1ccc(O)c(C=Nc2cc(C(F)(F)F)ccc2Oc2cccc(F)c2)c1. The molecule has 0 aliphatic rings.